The summed E-state index contributed by atoms with van der Waals surface area (Å²) in [4.78, 5) is 16.7. The Labute approximate surface area is 128 Å². The minimum atomic E-state index is -0.718. The number of carboxylic acid groups (broad SMARTS) is 1. The number of carboxylic acids is 1. The van der Waals surface area contributed by atoms with Crippen molar-refractivity contribution in [1.82, 2.24) is 15.1 Å². The SMILES string of the molecule is CCC1CN(C2CCC(NC(C)C)(C(=O)O)C2)CCN1C. The highest BCUT2D eigenvalue weighted by molar-refractivity contribution is 5.79. The third-order valence-corrected chi connectivity index (χ3v) is 5.26. The number of carbonyl (C=O) groups is 1. The van der Waals surface area contributed by atoms with Crippen molar-refractivity contribution in [3.63, 3.8) is 0 Å². The van der Waals surface area contributed by atoms with Gasteiger partial charge in [-0.3, -0.25) is 15.0 Å². The Morgan fingerprint density at radius 2 is 2.14 bits per heavy atom. The van der Waals surface area contributed by atoms with Gasteiger partial charge in [-0.1, -0.05) is 6.92 Å². The Bertz CT molecular complexity index is 375. The van der Waals surface area contributed by atoms with Gasteiger partial charge in [-0.2, -0.15) is 0 Å². The molecule has 3 atom stereocenters. The van der Waals surface area contributed by atoms with E-state index in [4.69, 9.17) is 0 Å². The lowest BCUT2D eigenvalue weighted by atomic mass is 9.96. The zero-order valence-corrected chi connectivity index (χ0v) is 13.9. The van der Waals surface area contributed by atoms with E-state index in [1.807, 2.05) is 13.8 Å². The van der Waals surface area contributed by atoms with Crippen LogP contribution in [0.4, 0.5) is 0 Å². The third kappa shape index (κ3) is 3.58. The van der Waals surface area contributed by atoms with Crippen molar-refractivity contribution in [2.45, 2.75) is 70.1 Å². The number of rotatable bonds is 5. The normalized spacial score (nSPS) is 35.5. The van der Waals surface area contributed by atoms with Gasteiger partial charge in [0, 0.05) is 37.8 Å². The second-order valence-electron chi connectivity index (χ2n) is 7.12. The molecule has 0 spiro atoms. The quantitative estimate of drug-likeness (QED) is 0.803. The molecule has 0 radical (unpaired) electrons. The molecule has 1 aliphatic heterocycles. The van der Waals surface area contributed by atoms with Gasteiger partial charge in [-0.05, 0) is 46.6 Å². The molecule has 1 heterocycles. The highest BCUT2D eigenvalue weighted by Gasteiger charge is 2.47. The molecule has 0 aromatic carbocycles. The van der Waals surface area contributed by atoms with Gasteiger partial charge in [0.05, 0.1) is 0 Å². The fourth-order valence-corrected chi connectivity index (χ4v) is 4.01. The van der Waals surface area contributed by atoms with Gasteiger partial charge in [-0.15, -0.1) is 0 Å². The number of hydrogen-bond donors (Lipinski definition) is 2. The van der Waals surface area contributed by atoms with Gasteiger partial charge >= 0.3 is 5.97 Å². The molecule has 1 saturated heterocycles. The molecule has 5 heteroatoms. The zero-order chi connectivity index (χ0) is 15.6. The van der Waals surface area contributed by atoms with E-state index in [-0.39, 0.29) is 6.04 Å². The monoisotopic (exact) mass is 297 g/mol. The van der Waals surface area contributed by atoms with Crippen molar-refractivity contribution < 1.29 is 9.90 Å². The summed E-state index contributed by atoms with van der Waals surface area (Å²) in [5.74, 6) is -0.681. The largest absolute Gasteiger partial charge is 0.480 e. The first-order valence-electron chi connectivity index (χ1n) is 8.33. The minimum Gasteiger partial charge on any atom is -0.480 e. The van der Waals surface area contributed by atoms with E-state index in [1.165, 1.54) is 0 Å². The first kappa shape index (κ1) is 16.7. The molecule has 0 aromatic rings. The Morgan fingerprint density at radius 1 is 1.43 bits per heavy atom. The number of aliphatic carboxylic acids is 1. The third-order valence-electron chi connectivity index (χ3n) is 5.26. The molecular weight excluding hydrogens is 266 g/mol. The summed E-state index contributed by atoms with van der Waals surface area (Å²) < 4.78 is 0. The van der Waals surface area contributed by atoms with Crippen molar-refractivity contribution in [2.24, 2.45) is 0 Å². The number of piperazine rings is 1. The van der Waals surface area contributed by atoms with E-state index in [9.17, 15) is 9.90 Å². The first-order valence-corrected chi connectivity index (χ1v) is 8.33. The van der Waals surface area contributed by atoms with Crippen LogP contribution in [0, 0.1) is 0 Å². The van der Waals surface area contributed by atoms with E-state index >= 15 is 0 Å². The van der Waals surface area contributed by atoms with Gasteiger partial charge in [0.1, 0.15) is 5.54 Å². The number of nitrogens with one attached hydrogen (secondary N) is 1. The van der Waals surface area contributed by atoms with Crippen LogP contribution >= 0.6 is 0 Å². The van der Waals surface area contributed by atoms with Crippen molar-refractivity contribution in [3.05, 3.63) is 0 Å². The average molecular weight is 297 g/mol. The first-order chi connectivity index (χ1) is 9.88. The van der Waals surface area contributed by atoms with Crippen LogP contribution in [-0.4, -0.2) is 71.2 Å². The number of hydrogen-bond acceptors (Lipinski definition) is 4. The van der Waals surface area contributed by atoms with Gasteiger partial charge in [0.2, 0.25) is 0 Å². The molecule has 2 rings (SSSR count). The molecule has 0 aromatic heterocycles. The van der Waals surface area contributed by atoms with Crippen LogP contribution in [-0.2, 0) is 4.79 Å². The summed E-state index contributed by atoms with van der Waals surface area (Å²) in [6.45, 7) is 9.53. The van der Waals surface area contributed by atoms with Gasteiger partial charge < -0.3 is 10.0 Å². The Balaban J connectivity index is 2.02. The maximum absolute atomic E-state index is 11.8. The van der Waals surface area contributed by atoms with Crippen molar-refractivity contribution in [3.8, 4) is 0 Å². The van der Waals surface area contributed by atoms with E-state index in [0.29, 0.717) is 12.1 Å². The van der Waals surface area contributed by atoms with Crippen molar-refractivity contribution >= 4 is 5.97 Å². The minimum absolute atomic E-state index is 0.204. The molecule has 3 unspecified atom stereocenters. The van der Waals surface area contributed by atoms with Crippen molar-refractivity contribution in [1.29, 1.82) is 0 Å². The molecule has 1 saturated carbocycles. The fraction of sp³-hybridized carbons (Fsp3) is 0.938. The van der Waals surface area contributed by atoms with Crippen LogP contribution in [0.3, 0.4) is 0 Å². The molecule has 2 N–H and O–H groups in total. The molecule has 1 aliphatic carbocycles. The summed E-state index contributed by atoms with van der Waals surface area (Å²) in [5, 5.41) is 13.0. The predicted molar refractivity (Wildman–Crippen MR) is 84.6 cm³/mol. The molecule has 2 aliphatic rings. The second kappa shape index (κ2) is 6.63. The van der Waals surface area contributed by atoms with E-state index in [2.05, 4.69) is 29.1 Å². The van der Waals surface area contributed by atoms with E-state index < -0.39 is 11.5 Å². The second-order valence-corrected chi connectivity index (χ2v) is 7.12. The topological polar surface area (TPSA) is 55.8 Å². The summed E-state index contributed by atoms with van der Waals surface area (Å²) in [6, 6.07) is 1.22. The van der Waals surface area contributed by atoms with Crippen LogP contribution in [0.25, 0.3) is 0 Å². The smallest absolute Gasteiger partial charge is 0.323 e. The lowest BCUT2D eigenvalue weighted by molar-refractivity contribution is -0.145. The Morgan fingerprint density at radius 3 is 2.71 bits per heavy atom. The predicted octanol–water partition coefficient (Wildman–Crippen LogP) is 1.39. The highest BCUT2D eigenvalue weighted by Crippen LogP contribution is 2.35. The van der Waals surface area contributed by atoms with Gasteiger partial charge in [0.25, 0.3) is 0 Å². The molecule has 21 heavy (non-hydrogen) atoms. The van der Waals surface area contributed by atoms with Gasteiger partial charge in [-0.25, -0.2) is 0 Å². The van der Waals surface area contributed by atoms with Crippen LogP contribution in [0.15, 0.2) is 0 Å². The molecule has 2 fully saturated rings. The maximum Gasteiger partial charge on any atom is 0.323 e. The Hall–Kier alpha value is -0.650. The number of nitrogens with zero attached hydrogens (tertiary/aromatic N) is 2. The van der Waals surface area contributed by atoms with E-state index in [0.717, 1.165) is 45.3 Å². The number of likely N-dealkylation sites (N-methyl/N-ethyl adjacent to an activating group) is 1. The molecule has 5 nitrogen and oxygen atoms in total. The van der Waals surface area contributed by atoms with Crippen LogP contribution in [0.5, 0.6) is 0 Å². The standard InChI is InChI=1S/C16H31N3O2/c1-5-13-11-19(9-8-18(13)4)14-6-7-16(10-14,15(20)21)17-12(2)3/h12-14,17H,5-11H2,1-4H3,(H,20,21). The summed E-state index contributed by atoms with van der Waals surface area (Å²) >= 11 is 0. The van der Waals surface area contributed by atoms with Crippen molar-refractivity contribution in [2.75, 3.05) is 26.7 Å². The van der Waals surface area contributed by atoms with E-state index in [1.54, 1.807) is 0 Å². The highest BCUT2D eigenvalue weighted by atomic mass is 16.4. The van der Waals surface area contributed by atoms with Crippen LogP contribution in [0.1, 0.15) is 46.5 Å². The molecule has 122 valence electrons. The summed E-state index contributed by atoms with van der Waals surface area (Å²) in [6.07, 6.45) is 3.63. The van der Waals surface area contributed by atoms with Crippen LogP contribution < -0.4 is 5.32 Å². The molecule has 0 bridgehead atoms. The maximum atomic E-state index is 11.8. The lowest BCUT2D eigenvalue weighted by Gasteiger charge is -2.42. The lowest BCUT2D eigenvalue weighted by Crippen LogP contribution is -2.56. The average Bonchev–Trinajstić information content (AvgIpc) is 2.84. The molecule has 0 amide bonds. The summed E-state index contributed by atoms with van der Waals surface area (Å²) in [7, 11) is 2.20. The summed E-state index contributed by atoms with van der Waals surface area (Å²) in [5.41, 5.74) is -0.718. The Kier molecular flexibility index (Phi) is 5.28. The zero-order valence-electron chi connectivity index (χ0n) is 13.9. The van der Waals surface area contributed by atoms with Gasteiger partial charge in [0.15, 0.2) is 0 Å². The fourth-order valence-electron chi connectivity index (χ4n) is 4.01. The molecular formula is C16H31N3O2. The van der Waals surface area contributed by atoms with Crippen LogP contribution in [0.2, 0.25) is 0 Å².